The largest absolute Gasteiger partial charge is 0.342 e. The molecule has 2 fully saturated rings. The molecule has 3 heteroatoms. The number of carbonyl (C=O) groups excluding carboxylic acids is 1. The van der Waals surface area contributed by atoms with Crippen LogP contribution < -0.4 is 5.73 Å². The zero-order valence-corrected chi connectivity index (χ0v) is 10.5. The summed E-state index contributed by atoms with van der Waals surface area (Å²) >= 11 is 0. The van der Waals surface area contributed by atoms with Crippen molar-refractivity contribution in [2.24, 2.45) is 17.1 Å². The van der Waals surface area contributed by atoms with Crippen LogP contribution in [-0.2, 0) is 4.79 Å². The highest BCUT2D eigenvalue weighted by molar-refractivity contribution is 5.85. The molecule has 0 aromatic carbocycles. The van der Waals surface area contributed by atoms with E-state index < -0.39 is 0 Å². The number of rotatable bonds is 3. The van der Waals surface area contributed by atoms with E-state index >= 15 is 0 Å². The second-order valence-corrected chi connectivity index (χ2v) is 5.83. The van der Waals surface area contributed by atoms with Gasteiger partial charge in [0.05, 0.1) is 5.41 Å². The smallest absolute Gasteiger partial charge is 0.230 e. The Hall–Kier alpha value is -0.570. The van der Waals surface area contributed by atoms with Crippen molar-refractivity contribution in [1.29, 1.82) is 0 Å². The van der Waals surface area contributed by atoms with Crippen LogP contribution in [0, 0.1) is 11.3 Å². The molecule has 0 saturated heterocycles. The van der Waals surface area contributed by atoms with E-state index in [0.717, 1.165) is 18.8 Å². The summed E-state index contributed by atoms with van der Waals surface area (Å²) in [5.41, 5.74) is 5.55. The zero-order valence-electron chi connectivity index (χ0n) is 10.5. The van der Waals surface area contributed by atoms with E-state index in [1.165, 1.54) is 25.7 Å². The lowest BCUT2D eigenvalue weighted by molar-refractivity contribution is -0.138. The van der Waals surface area contributed by atoms with Gasteiger partial charge in [-0.25, -0.2) is 0 Å². The maximum absolute atomic E-state index is 12.3. The van der Waals surface area contributed by atoms with Crippen molar-refractivity contribution >= 4 is 5.91 Å². The second-order valence-electron chi connectivity index (χ2n) is 5.83. The first-order valence-electron chi connectivity index (χ1n) is 6.56. The molecule has 2 N–H and O–H groups in total. The van der Waals surface area contributed by atoms with Gasteiger partial charge in [0.15, 0.2) is 0 Å². The molecule has 0 heterocycles. The predicted molar refractivity (Wildman–Crippen MR) is 64.9 cm³/mol. The fourth-order valence-electron chi connectivity index (χ4n) is 2.95. The van der Waals surface area contributed by atoms with Gasteiger partial charge < -0.3 is 10.6 Å². The van der Waals surface area contributed by atoms with Gasteiger partial charge in [0.1, 0.15) is 0 Å². The highest BCUT2D eigenvalue weighted by atomic mass is 16.2. The second kappa shape index (κ2) is 4.36. The Morgan fingerprint density at radius 1 is 1.44 bits per heavy atom. The summed E-state index contributed by atoms with van der Waals surface area (Å²) in [6.07, 6.45) is 6.92. The third-order valence-corrected chi connectivity index (χ3v) is 4.47. The van der Waals surface area contributed by atoms with E-state index in [1.807, 2.05) is 11.9 Å². The number of hydrogen-bond acceptors (Lipinski definition) is 2. The summed E-state index contributed by atoms with van der Waals surface area (Å²) in [6.45, 7) is 2.82. The molecule has 2 aliphatic carbocycles. The molecule has 0 aromatic rings. The van der Waals surface area contributed by atoms with Gasteiger partial charge in [-0.05, 0) is 31.6 Å². The van der Waals surface area contributed by atoms with Crippen molar-refractivity contribution in [2.75, 3.05) is 13.6 Å². The van der Waals surface area contributed by atoms with Crippen LogP contribution >= 0.6 is 0 Å². The molecule has 16 heavy (non-hydrogen) atoms. The minimum atomic E-state index is -0.171. The predicted octanol–water partition coefficient (Wildman–Crippen LogP) is 1.76. The summed E-state index contributed by atoms with van der Waals surface area (Å²) in [7, 11) is 1.97. The van der Waals surface area contributed by atoms with Crippen LogP contribution in [0.25, 0.3) is 0 Å². The zero-order chi connectivity index (χ0) is 11.8. The standard InChI is InChI=1S/C13H24N2O/c1-10-4-3-5-11(8-10)15(2)12(16)13(9-14)6-7-13/h10-11H,3-9,14H2,1-2H3. The van der Waals surface area contributed by atoms with E-state index in [-0.39, 0.29) is 5.41 Å². The normalized spacial score (nSPS) is 32.2. The Labute approximate surface area is 98.4 Å². The van der Waals surface area contributed by atoms with E-state index in [4.69, 9.17) is 5.73 Å². The van der Waals surface area contributed by atoms with Crippen molar-refractivity contribution in [1.82, 2.24) is 4.90 Å². The first-order valence-corrected chi connectivity index (χ1v) is 6.56. The first-order chi connectivity index (χ1) is 7.59. The molecule has 1 amide bonds. The van der Waals surface area contributed by atoms with Gasteiger partial charge in [-0.1, -0.05) is 19.8 Å². The quantitative estimate of drug-likeness (QED) is 0.794. The van der Waals surface area contributed by atoms with E-state index in [1.54, 1.807) is 0 Å². The maximum Gasteiger partial charge on any atom is 0.230 e. The lowest BCUT2D eigenvalue weighted by Gasteiger charge is -2.36. The van der Waals surface area contributed by atoms with Crippen LogP contribution in [0.15, 0.2) is 0 Å². The van der Waals surface area contributed by atoms with Crippen LogP contribution in [-0.4, -0.2) is 30.4 Å². The van der Waals surface area contributed by atoms with Gasteiger partial charge in [-0.15, -0.1) is 0 Å². The van der Waals surface area contributed by atoms with Gasteiger partial charge in [0, 0.05) is 19.6 Å². The monoisotopic (exact) mass is 224 g/mol. The SMILES string of the molecule is CC1CCCC(N(C)C(=O)C2(CN)CC2)C1. The molecule has 0 radical (unpaired) electrons. The number of hydrogen-bond donors (Lipinski definition) is 1. The minimum Gasteiger partial charge on any atom is -0.342 e. The summed E-state index contributed by atoms with van der Waals surface area (Å²) in [6, 6.07) is 0.459. The Balaban J connectivity index is 1.96. The van der Waals surface area contributed by atoms with Gasteiger partial charge in [-0.2, -0.15) is 0 Å². The fraction of sp³-hybridized carbons (Fsp3) is 0.923. The minimum absolute atomic E-state index is 0.171. The summed E-state index contributed by atoms with van der Waals surface area (Å²) < 4.78 is 0. The van der Waals surface area contributed by atoms with E-state index in [0.29, 0.717) is 18.5 Å². The van der Waals surface area contributed by atoms with Crippen molar-refractivity contribution in [2.45, 2.75) is 51.5 Å². The third-order valence-electron chi connectivity index (χ3n) is 4.47. The lowest BCUT2D eigenvalue weighted by Crippen LogP contribution is -2.45. The Kier molecular flexibility index (Phi) is 3.24. The van der Waals surface area contributed by atoms with Crippen LogP contribution in [0.2, 0.25) is 0 Å². The Morgan fingerprint density at radius 3 is 2.62 bits per heavy atom. The molecule has 0 spiro atoms. The highest BCUT2D eigenvalue weighted by Gasteiger charge is 2.50. The molecule has 92 valence electrons. The molecular formula is C13H24N2O. The van der Waals surface area contributed by atoms with Crippen molar-refractivity contribution < 1.29 is 4.79 Å². The summed E-state index contributed by atoms with van der Waals surface area (Å²) in [5.74, 6) is 1.07. The van der Waals surface area contributed by atoms with Crippen LogP contribution in [0.1, 0.15) is 45.4 Å². The average molecular weight is 224 g/mol. The molecule has 2 saturated carbocycles. The molecule has 2 rings (SSSR count). The molecular weight excluding hydrogens is 200 g/mol. The maximum atomic E-state index is 12.3. The third kappa shape index (κ3) is 2.10. The van der Waals surface area contributed by atoms with Gasteiger partial charge in [-0.3, -0.25) is 4.79 Å². The highest BCUT2D eigenvalue weighted by Crippen LogP contribution is 2.46. The number of nitrogens with zero attached hydrogens (tertiary/aromatic N) is 1. The fourth-order valence-corrected chi connectivity index (χ4v) is 2.95. The Morgan fingerprint density at radius 2 is 2.12 bits per heavy atom. The van der Waals surface area contributed by atoms with E-state index in [2.05, 4.69) is 6.92 Å². The number of nitrogens with two attached hydrogens (primary N) is 1. The molecule has 0 aliphatic heterocycles. The van der Waals surface area contributed by atoms with Gasteiger partial charge in [0.2, 0.25) is 5.91 Å². The first kappa shape index (κ1) is 11.9. The molecule has 2 unspecified atom stereocenters. The summed E-state index contributed by atoms with van der Waals surface area (Å²) in [4.78, 5) is 14.3. The van der Waals surface area contributed by atoms with Crippen LogP contribution in [0.4, 0.5) is 0 Å². The molecule has 0 aromatic heterocycles. The van der Waals surface area contributed by atoms with E-state index in [9.17, 15) is 4.79 Å². The lowest BCUT2D eigenvalue weighted by atomic mass is 9.86. The topological polar surface area (TPSA) is 46.3 Å². The van der Waals surface area contributed by atoms with Crippen molar-refractivity contribution in [3.05, 3.63) is 0 Å². The molecule has 3 nitrogen and oxygen atoms in total. The van der Waals surface area contributed by atoms with Crippen LogP contribution in [0.3, 0.4) is 0 Å². The number of carbonyl (C=O) groups is 1. The van der Waals surface area contributed by atoms with Crippen molar-refractivity contribution in [3.63, 3.8) is 0 Å². The van der Waals surface area contributed by atoms with Gasteiger partial charge >= 0.3 is 0 Å². The molecule has 2 aliphatic rings. The summed E-state index contributed by atoms with van der Waals surface area (Å²) in [5, 5.41) is 0. The molecule has 0 bridgehead atoms. The van der Waals surface area contributed by atoms with Gasteiger partial charge in [0.25, 0.3) is 0 Å². The molecule has 2 atom stereocenters. The average Bonchev–Trinajstić information content (AvgIpc) is 3.08. The number of amides is 1. The van der Waals surface area contributed by atoms with Crippen molar-refractivity contribution in [3.8, 4) is 0 Å². The Bertz CT molecular complexity index is 273. The van der Waals surface area contributed by atoms with Crippen LogP contribution in [0.5, 0.6) is 0 Å².